The predicted molar refractivity (Wildman–Crippen MR) is 100.0 cm³/mol. The van der Waals surface area contributed by atoms with Crippen molar-refractivity contribution in [2.45, 2.75) is 24.7 Å². The van der Waals surface area contributed by atoms with Crippen molar-refractivity contribution in [3.05, 3.63) is 69.8 Å². The molecule has 2 aromatic rings. The van der Waals surface area contributed by atoms with Crippen LogP contribution in [-0.4, -0.2) is 22.5 Å². The molecule has 8 heteroatoms. The van der Waals surface area contributed by atoms with Gasteiger partial charge in [0, 0.05) is 22.6 Å². The summed E-state index contributed by atoms with van der Waals surface area (Å²) in [7, 11) is 0. The molecule has 0 aromatic heterocycles. The zero-order valence-electron chi connectivity index (χ0n) is 14.4. The second-order valence-electron chi connectivity index (χ2n) is 5.82. The maximum Gasteiger partial charge on any atom is 0.270 e. The van der Waals surface area contributed by atoms with Crippen molar-refractivity contribution in [2.75, 3.05) is 5.75 Å². The highest BCUT2D eigenvalue weighted by Crippen LogP contribution is 2.21. The number of hydrogen-bond donors (Lipinski definition) is 2. The number of non-ortho nitro benzene ring substituents is 1. The fourth-order valence-electron chi connectivity index (χ4n) is 2.09. The molecule has 2 N–H and O–H groups in total. The first kappa shape index (κ1) is 19.5. The summed E-state index contributed by atoms with van der Waals surface area (Å²) in [6.45, 7) is 4.22. The standard InChI is InChI=1S/C18H19N3O4S/c1-12(2)13-6-8-16(9-7-13)26-11-17(22)19-20-18(23)14-4-3-5-15(10-14)21(24)25/h3-10,12H,11H2,1-2H3,(H,19,22)(H,20,23). The van der Waals surface area contributed by atoms with Crippen LogP contribution in [0.2, 0.25) is 0 Å². The van der Waals surface area contributed by atoms with E-state index in [1.807, 2.05) is 24.3 Å². The van der Waals surface area contributed by atoms with Gasteiger partial charge in [-0.15, -0.1) is 11.8 Å². The average molecular weight is 373 g/mol. The van der Waals surface area contributed by atoms with Crippen molar-refractivity contribution in [2.24, 2.45) is 0 Å². The van der Waals surface area contributed by atoms with E-state index in [0.717, 1.165) is 11.0 Å². The summed E-state index contributed by atoms with van der Waals surface area (Å²) in [6, 6.07) is 13.2. The molecule has 2 amide bonds. The summed E-state index contributed by atoms with van der Waals surface area (Å²) < 4.78 is 0. The number of carbonyl (C=O) groups excluding carboxylic acids is 2. The molecular weight excluding hydrogens is 354 g/mol. The monoisotopic (exact) mass is 373 g/mol. The number of benzene rings is 2. The fourth-order valence-corrected chi connectivity index (χ4v) is 2.79. The Hall–Kier alpha value is -2.87. The lowest BCUT2D eigenvalue weighted by molar-refractivity contribution is -0.384. The Balaban J connectivity index is 1.82. The van der Waals surface area contributed by atoms with Gasteiger partial charge in [0.05, 0.1) is 10.7 Å². The van der Waals surface area contributed by atoms with Gasteiger partial charge in [0.1, 0.15) is 0 Å². The van der Waals surface area contributed by atoms with Crippen molar-refractivity contribution < 1.29 is 14.5 Å². The molecule has 0 unspecified atom stereocenters. The van der Waals surface area contributed by atoms with Crippen LogP contribution >= 0.6 is 11.8 Å². The van der Waals surface area contributed by atoms with Crippen LogP contribution in [0.5, 0.6) is 0 Å². The molecule has 2 aromatic carbocycles. The van der Waals surface area contributed by atoms with Gasteiger partial charge in [0.25, 0.3) is 11.6 Å². The number of nitro benzene ring substituents is 1. The number of hydrogen-bond acceptors (Lipinski definition) is 5. The number of thioether (sulfide) groups is 1. The number of amides is 2. The van der Waals surface area contributed by atoms with Crippen molar-refractivity contribution in [1.82, 2.24) is 10.9 Å². The molecule has 0 radical (unpaired) electrons. The van der Waals surface area contributed by atoms with E-state index in [1.165, 1.54) is 35.5 Å². The Morgan fingerprint density at radius 2 is 1.81 bits per heavy atom. The minimum absolute atomic E-state index is 0.0939. The molecule has 0 saturated heterocycles. The molecule has 0 atom stereocenters. The van der Waals surface area contributed by atoms with Gasteiger partial charge in [-0.3, -0.25) is 30.6 Å². The molecule has 0 aliphatic heterocycles. The molecule has 0 saturated carbocycles. The number of carbonyl (C=O) groups is 2. The zero-order valence-corrected chi connectivity index (χ0v) is 15.2. The van der Waals surface area contributed by atoms with Gasteiger partial charge in [0.15, 0.2) is 0 Å². The Morgan fingerprint density at radius 1 is 1.12 bits per heavy atom. The first-order valence-corrected chi connectivity index (χ1v) is 8.92. The molecule has 0 spiro atoms. The van der Waals surface area contributed by atoms with Crippen LogP contribution in [0.1, 0.15) is 35.7 Å². The van der Waals surface area contributed by atoms with E-state index in [2.05, 4.69) is 24.7 Å². The molecule has 0 aliphatic rings. The fraction of sp³-hybridized carbons (Fsp3) is 0.222. The smallest absolute Gasteiger partial charge is 0.270 e. The molecule has 7 nitrogen and oxygen atoms in total. The van der Waals surface area contributed by atoms with Gasteiger partial charge in [-0.2, -0.15) is 0 Å². The predicted octanol–water partition coefficient (Wildman–Crippen LogP) is 3.27. The first-order chi connectivity index (χ1) is 12.4. The van der Waals surface area contributed by atoms with Crippen LogP contribution in [-0.2, 0) is 4.79 Å². The number of hydrazine groups is 1. The summed E-state index contributed by atoms with van der Waals surface area (Å²) >= 11 is 1.35. The number of nitrogens with zero attached hydrogens (tertiary/aromatic N) is 1. The van der Waals surface area contributed by atoms with Crippen molar-refractivity contribution >= 4 is 29.3 Å². The van der Waals surface area contributed by atoms with Crippen LogP contribution < -0.4 is 10.9 Å². The van der Waals surface area contributed by atoms with Crippen molar-refractivity contribution in [1.29, 1.82) is 0 Å². The Kier molecular flexibility index (Phi) is 6.74. The number of nitro groups is 1. The third-order valence-corrected chi connectivity index (χ3v) is 4.56. The lowest BCUT2D eigenvalue weighted by atomic mass is 10.0. The summed E-state index contributed by atoms with van der Waals surface area (Å²) in [5, 5.41) is 10.7. The lowest BCUT2D eigenvalue weighted by Crippen LogP contribution is -2.42. The van der Waals surface area contributed by atoms with E-state index >= 15 is 0 Å². The van der Waals surface area contributed by atoms with Crippen LogP contribution in [0.25, 0.3) is 0 Å². The second-order valence-corrected chi connectivity index (χ2v) is 6.87. The van der Waals surface area contributed by atoms with Crippen LogP contribution in [0.4, 0.5) is 5.69 Å². The van der Waals surface area contributed by atoms with Crippen LogP contribution in [0.3, 0.4) is 0 Å². The molecule has 0 fully saturated rings. The average Bonchev–Trinajstić information content (AvgIpc) is 2.64. The topological polar surface area (TPSA) is 101 Å². The van der Waals surface area contributed by atoms with E-state index in [0.29, 0.717) is 5.92 Å². The van der Waals surface area contributed by atoms with Gasteiger partial charge in [0.2, 0.25) is 5.91 Å². The quantitative estimate of drug-likeness (QED) is 0.460. The Labute approximate surface area is 155 Å². The minimum atomic E-state index is -0.617. The summed E-state index contributed by atoms with van der Waals surface area (Å²) in [5.74, 6) is -0.410. The van der Waals surface area contributed by atoms with Crippen molar-refractivity contribution in [3.63, 3.8) is 0 Å². The third kappa shape index (κ3) is 5.59. The van der Waals surface area contributed by atoms with Gasteiger partial charge in [-0.1, -0.05) is 32.0 Å². The van der Waals surface area contributed by atoms with Gasteiger partial charge in [-0.25, -0.2) is 0 Å². The zero-order chi connectivity index (χ0) is 19.1. The van der Waals surface area contributed by atoms with E-state index in [4.69, 9.17) is 0 Å². The maximum absolute atomic E-state index is 11.9. The van der Waals surface area contributed by atoms with E-state index in [9.17, 15) is 19.7 Å². The largest absolute Gasteiger partial charge is 0.272 e. The summed E-state index contributed by atoms with van der Waals surface area (Å²) in [5.41, 5.74) is 5.68. The molecule has 0 heterocycles. The minimum Gasteiger partial charge on any atom is -0.272 e. The van der Waals surface area contributed by atoms with E-state index in [1.54, 1.807) is 0 Å². The highest BCUT2D eigenvalue weighted by molar-refractivity contribution is 8.00. The van der Waals surface area contributed by atoms with E-state index < -0.39 is 10.8 Å². The molecule has 26 heavy (non-hydrogen) atoms. The SMILES string of the molecule is CC(C)c1ccc(SCC(=O)NNC(=O)c2cccc([N+](=O)[O-])c2)cc1. The van der Waals surface area contributed by atoms with Crippen LogP contribution in [0.15, 0.2) is 53.4 Å². The van der Waals surface area contributed by atoms with E-state index in [-0.39, 0.29) is 22.9 Å². The molecule has 2 rings (SSSR count). The van der Waals surface area contributed by atoms with Crippen LogP contribution in [0, 0.1) is 10.1 Å². The Morgan fingerprint density at radius 3 is 2.42 bits per heavy atom. The molecule has 0 aliphatic carbocycles. The molecular formula is C18H19N3O4S. The highest BCUT2D eigenvalue weighted by Gasteiger charge is 2.12. The molecule has 136 valence electrons. The first-order valence-electron chi connectivity index (χ1n) is 7.93. The summed E-state index contributed by atoms with van der Waals surface area (Å²) in [6.07, 6.45) is 0. The van der Waals surface area contributed by atoms with Crippen molar-refractivity contribution in [3.8, 4) is 0 Å². The van der Waals surface area contributed by atoms with Gasteiger partial charge >= 0.3 is 0 Å². The molecule has 0 bridgehead atoms. The lowest BCUT2D eigenvalue weighted by Gasteiger charge is -2.08. The summed E-state index contributed by atoms with van der Waals surface area (Å²) in [4.78, 5) is 34.9. The second kappa shape index (κ2) is 9.00. The third-order valence-electron chi connectivity index (χ3n) is 3.55. The number of nitrogens with one attached hydrogen (secondary N) is 2. The van der Waals surface area contributed by atoms with Gasteiger partial charge < -0.3 is 0 Å². The number of rotatable bonds is 6. The maximum atomic E-state index is 11.9. The van der Waals surface area contributed by atoms with Gasteiger partial charge in [-0.05, 0) is 29.7 Å². The highest BCUT2D eigenvalue weighted by atomic mass is 32.2. The normalized spacial score (nSPS) is 10.4. The Bertz CT molecular complexity index is 806.